The van der Waals surface area contributed by atoms with Crippen molar-refractivity contribution in [2.75, 3.05) is 6.61 Å². The summed E-state index contributed by atoms with van der Waals surface area (Å²) in [6.45, 7) is 2.30. The van der Waals surface area contributed by atoms with E-state index in [0.717, 1.165) is 34.9 Å². The topological polar surface area (TPSA) is 53.2 Å². The van der Waals surface area contributed by atoms with Gasteiger partial charge in [-0.2, -0.15) is 5.26 Å². The zero-order valence-corrected chi connectivity index (χ0v) is 12.2. The van der Waals surface area contributed by atoms with Gasteiger partial charge in [0.2, 0.25) is 0 Å². The molecule has 1 aliphatic carbocycles. The fourth-order valence-electron chi connectivity index (χ4n) is 2.69. The van der Waals surface area contributed by atoms with Gasteiger partial charge < -0.3 is 9.84 Å². The van der Waals surface area contributed by atoms with Crippen LogP contribution in [0.2, 0.25) is 0 Å². The number of nitriles is 1. The van der Waals surface area contributed by atoms with E-state index in [9.17, 15) is 5.11 Å². The third kappa shape index (κ3) is 2.72. The predicted octanol–water partition coefficient (Wildman–Crippen LogP) is 3.97. The molecule has 1 atom stereocenters. The van der Waals surface area contributed by atoms with Gasteiger partial charge >= 0.3 is 0 Å². The lowest BCUT2D eigenvalue weighted by Crippen LogP contribution is -2.14. The van der Waals surface area contributed by atoms with Gasteiger partial charge in [0.15, 0.2) is 0 Å². The van der Waals surface area contributed by atoms with Crippen molar-refractivity contribution in [2.24, 2.45) is 5.41 Å². The van der Waals surface area contributed by atoms with E-state index in [0.29, 0.717) is 13.0 Å². The average molecular weight is 281 g/mol. The molecule has 1 fully saturated rings. The molecule has 2 aromatic carbocycles. The van der Waals surface area contributed by atoms with E-state index in [2.05, 4.69) is 6.07 Å². The van der Waals surface area contributed by atoms with Crippen LogP contribution in [0, 0.1) is 16.7 Å². The number of benzene rings is 2. The molecule has 0 unspecified atom stereocenters. The van der Waals surface area contributed by atoms with Crippen molar-refractivity contribution >= 4 is 10.8 Å². The zero-order valence-electron chi connectivity index (χ0n) is 12.2. The molecule has 0 spiro atoms. The Morgan fingerprint density at radius 2 is 2.05 bits per heavy atom. The lowest BCUT2D eigenvalue weighted by atomic mass is 10.0. The van der Waals surface area contributed by atoms with Gasteiger partial charge in [-0.1, -0.05) is 36.4 Å². The number of aliphatic hydroxyl groups is 1. The lowest BCUT2D eigenvalue weighted by molar-refractivity contribution is 0.184. The number of nitrogens with zero attached hydrogens (tertiary/aromatic N) is 1. The van der Waals surface area contributed by atoms with E-state index < -0.39 is 6.10 Å². The van der Waals surface area contributed by atoms with E-state index in [-0.39, 0.29) is 5.41 Å². The second-order valence-electron chi connectivity index (χ2n) is 6.00. The third-order valence-electron chi connectivity index (χ3n) is 4.29. The molecule has 1 saturated carbocycles. The maximum absolute atomic E-state index is 9.98. The van der Waals surface area contributed by atoms with Gasteiger partial charge in [-0.3, -0.25) is 0 Å². The molecule has 0 heterocycles. The van der Waals surface area contributed by atoms with Crippen LogP contribution in [-0.2, 0) is 0 Å². The van der Waals surface area contributed by atoms with Crippen LogP contribution in [0.4, 0.5) is 0 Å². The standard InChI is InChI=1S/C18H19NO2/c1-13(20)15-7-6-14-4-2-3-5-16(14)17(15)21-12-18(8-9-18)10-11-19/h2-7,13,20H,8-10,12H2,1H3/t13-/m0/s1. The summed E-state index contributed by atoms with van der Waals surface area (Å²) in [4.78, 5) is 0. The van der Waals surface area contributed by atoms with Crippen LogP contribution in [0.25, 0.3) is 10.8 Å². The van der Waals surface area contributed by atoms with Gasteiger partial charge in [0.25, 0.3) is 0 Å². The largest absolute Gasteiger partial charge is 0.492 e. The summed E-state index contributed by atoms with van der Waals surface area (Å²) < 4.78 is 6.08. The van der Waals surface area contributed by atoms with Crippen LogP contribution < -0.4 is 4.74 Å². The summed E-state index contributed by atoms with van der Waals surface area (Å²) in [6, 6.07) is 14.2. The number of ether oxygens (including phenoxy) is 1. The SMILES string of the molecule is C[C@H](O)c1ccc2ccccc2c1OCC1(CC#N)CC1. The van der Waals surface area contributed by atoms with Crippen molar-refractivity contribution in [3.8, 4) is 11.8 Å². The molecule has 3 rings (SSSR count). The number of hydrogen-bond acceptors (Lipinski definition) is 3. The second-order valence-corrected chi connectivity index (χ2v) is 6.00. The van der Waals surface area contributed by atoms with E-state index in [1.807, 2.05) is 36.4 Å². The van der Waals surface area contributed by atoms with Crippen LogP contribution in [0.15, 0.2) is 36.4 Å². The van der Waals surface area contributed by atoms with Gasteiger partial charge in [0.05, 0.1) is 18.8 Å². The quantitative estimate of drug-likeness (QED) is 0.902. The van der Waals surface area contributed by atoms with Crippen LogP contribution in [0.1, 0.15) is 37.9 Å². The van der Waals surface area contributed by atoms with Crippen LogP contribution in [-0.4, -0.2) is 11.7 Å². The summed E-state index contributed by atoms with van der Waals surface area (Å²) in [5.41, 5.74) is 0.836. The van der Waals surface area contributed by atoms with Gasteiger partial charge in [-0.15, -0.1) is 0 Å². The third-order valence-corrected chi connectivity index (χ3v) is 4.29. The smallest absolute Gasteiger partial charge is 0.132 e. The van der Waals surface area contributed by atoms with Crippen molar-refractivity contribution in [2.45, 2.75) is 32.3 Å². The maximum Gasteiger partial charge on any atom is 0.132 e. The molecule has 1 N–H and O–H groups in total. The number of hydrogen-bond donors (Lipinski definition) is 1. The first kappa shape index (κ1) is 13.9. The molecule has 3 heteroatoms. The molecule has 0 aliphatic heterocycles. The van der Waals surface area contributed by atoms with Crippen molar-refractivity contribution < 1.29 is 9.84 Å². The molecule has 0 bridgehead atoms. The molecule has 0 amide bonds. The molecule has 2 aromatic rings. The molecular weight excluding hydrogens is 262 g/mol. The van der Waals surface area contributed by atoms with Crippen LogP contribution >= 0.6 is 0 Å². The second kappa shape index (κ2) is 5.38. The highest BCUT2D eigenvalue weighted by atomic mass is 16.5. The summed E-state index contributed by atoms with van der Waals surface area (Å²) in [6.07, 6.45) is 2.07. The normalized spacial score (nSPS) is 17.2. The Hall–Kier alpha value is -2.05. The van der Waals surface area contributed by atoms with Gasteiger partial charge in [-0.25, -0.2) is 0 Å². The van der Waals surface area contributed by atoms with Crippen LogP contribution in [0.5, 0.6) is 5.75 Å². The monoisotopic (exact) mass is 281 g/mol. The van der Waals surface area contributed by atoms with Crippen molar-refractivity contribution in [1.29, 1.82) is 5.26 Å². The Morgan fingerprint density at radius 3 is 2.71 bits per heavy atom. The highest BCUT2D eigenvalue weighted by Gasteiger charge is 2.43. The van der Waals surface area contributed by atoms with Crippen molar-refractivity contribution in [1.82, 2.24) is 0 Å². The summed E-state index contributed by atoms with van der Waals surface area (Å²) in [7, 11) is 0. The molecule has 0 saturated heterocycles. The van der Waals surface area contributed by atoms with E-state index in [1.165, 1.54) is 0 Å². The van der Waals surface area contributed by atoms with Crippen molar-refractivity contribution in [3.05, 3.63) is 42.0 Å². The predicted molar refractivity (Wildman–Crippen MR) is 82.0 cm³/mol. The molecule has 0 radical (unpaired) electrons. The van der Waals surface area contributed by atoms with Crippen molar-refractivity contribution in [3.63, 3.8) is 0 Å². The molecule has 108 valence electrons. The van der Waals surface area contributed by atoms with E-state index in [4.69, 9.17) is 10.00 Å². The molecule has 1 aliphatic rings. The number of fused-ring (bicyclic) bond motifs is 1. The Morgan fingerprint density at radius 1 is 1.29 bits per heavy atom. The lowest BCUT2D eigenvalue weighted by Gasteiger charge is -2.19. The highest BCUT2D eigenvalue weighted by molar-refractivity contribution is 5.89. The number of aliphatic hydroxyl groups excluding tert-OH is 1. The summed E-state index contributed by atoms with van der Waals surface area (Å²) in [5.74, 6) is 0.757. The Balaban J connectivity index is 1.95. The minimum Gasteiger partial charge on any atom is -0.492 e. The van der Waals surface area contributed by atoms with Gasteiger partial charge in [-0.05, 0) is 25.2 Å². The number of rotatable bonds is 5. The molecular formula is C18H19NO2. The Kier molecular flexibility index (Phi) is 3.57. The van der Waals surface area contributed by atoms with E-state index >= 15 is 0 Å². The van der Waals surface area contributed by atoms with Gasteiger partial charge in [0.1, 0.15) is 5.75 Å². The first-order valence-corrected chi connectivity index (χ1v) is 7.35. The summed E-state index contributed by atoms with van der Waals surface area (Å²) in [5, 5.41) is 21.0. The van der Waals surface area contributed by atoms with Gasteiger partial charge in [0, 0.05) is 22.8 Å². The fourth-order valence-corrected chi connectivity index (χ4v) is 2.69. The van der Waals surface area contributed by atoms with Crippen LogP contribution in [0.3, 0.4) is 0 Å². The first-order chi connectivity index (χ1) is 10.2. The highest BCUT2D eigenvalue weighted by Crippen LogP contribution is 2.49. The molecule has 3 nitrogen and oxygen atoms in total. The van der Waals surface area contributed by atoms with E-state index in [1.54, 1.807) is 6.92 Å². The molecule has 0 aromatic heterocycles. The minimum absolute atomic E-state index is 0.0294. The Bertz CT molecular complexity index is 696. The minimum atomic E-state index is -0.573. The zero-order chi connectivity index (χ0) is 14.9. The average Bonchev–Trinajstić information content (AvgIpc) is 3.25. The summed E-state index contributed by atoms with van der Waals surface area (Å²) >= 11 is 0. The fraction of sp³-hybridized carbons (Fsp3) is 0.389. The Labute approximate surface area is 124 Å². The first-order valence-electron chi connectivity index (χ1n) is 7.35. The molecule has 21 heavy (non-hydrogen) atoms. The maximum atomic E-state index is 9.98.